The van der Waals surface area contributed by atoms with Crippen LogP contribution in [-0.2, 0) is 6.61 Å². The first kappa shape index (κ1) is 18.2. The SMILES string of the molecule is Cc1ccc(OCc2cc(C(=O)N3CCCC3c3ccccn3)no2)cc1C. The van der Waals surface area contributed by atoms with Crippen LogP contribution in [0.5, 0.6) is 5.75 Å². The number of carbonyl (C=O) groups is 1. The Labute approximate surface area is 164 Å². The van der Waals surface area contributed by atoms with Crippen molar-refractivity contribution in [2.24, 2.45) is 0 Å². The Morgan fingerprint density at radius 2 is 2.11 bits per heavy atom. The van der Waals surface area contributed by atoms with Gasteiger partial charge in [-0.2, -0.15) is 0 Å². The number of rotatable bonds is 5. The molecule has 3 aromatic rings. The Morgan fingerprint density at radius 1 is 1.21 bits per heavy atom. The molecule has 1 unspecified atom stereocenters. The van der Waals surface area contributed by atoms with E-state index in [1.807, 2.05) is 48.2 Å². The molecule has 3 heterocycles. The van der Waals surface area contributed by atoms with Gasteiger partial charge in [0, 0.05) is 18.8 Å². The molecule has 6 heteroatoms. The highest BCUT2D eigenvalue weighted by Gasteiger charge is 2.32. The van der Waals surface area contributed by atoms with Crippen molar-refractivity contribution in [3.05, 3.63) is 76.9 Å². The summed E-state index contributed by atoms with van der Waals surface area (Å²) < 4.78 is 11.1. The normalized spacial score (nSPS) is 16.4. The Bertz CT molecular complexity index is 968. The van der Waals surface area contributed by atoms with Crippen molar-refractivity contribution >= 4 is 5.91 Å². The fraction of sp³-hybridized carbons (Fsp3) is 0.318. The van der Waals surface area contributed by atoms with E-state index in [1.165, 1.54) is 11.1 Å². The minimum Gasteiger partial charge on any atom is -0.486 e. The zero-order valence-corrected chi connectivity index (χ0v) is 16.1. The van der Waals surface area contributed by atoms with E-state index in [2.05, 4.69) is 17.1 Å². The first-order chi connectivity index (χ1) is 13.6. The molecule has 0 N–H and O–H groups in total. The van der Waals surface area contributed by atoms with Crippen molar-refractivity contribution in [3.63, 3.8) is 0 Å². The van der Waals surface area contributed by atoms with E-state index < -0.39 is 0 Å². The smallest absolute Gasteiger partial charge is 0.276 e. The van der Waals surface area contributed by atoms with Crippen molar-refractivity contribution < 1.29 is 14.1 Å². The number of aromatic nitrogens is 2. The van der Waals surface area contributed by atoms with Gasteiger partial charge in [0.2, 0.25) is 0 Å². The average Bonchev–Trinajstić information content (AvgIpc) is 3.39. The zero-order chi connectivity index (χ0) is 19.5. The van der Waals surface area contributed by atoms with E-state index in [0.717, 1.165) is 24.3 Å². The molecule has 0 radical (unpaired) electrons. The molecule has 28 heavy (non-hydrogen) atoms. The van der Waals surface area contributed by atoms with Gasteiger partial charge in [-0.15, -0.1) is 0 Å². The fourth-order valence-corrected chi connectivity index (χ4v) is 3.48. The summed E-state index contributed by atoms with van der Waals surface area (Å²) in [5, 5.41) is 3.97. The van der Waals surface area contributed by atoms with Crippen LogP contribution >= 0.6 is 0 Å². The Morgan fingerprint density at radius 3 is 2.89 bits per heavy atom. The van der Waals surface area contributed by atoms with Gasteiger partial charge >= 0.3 is 0 Å². The lowest BCUT2D eigenvalue weighted by Gasteiger charge is -2.23. The van der Waals surface area contributed by atoms with Crippen molar-refractivity contribution in [1.29, 1.82) is 0 Å². The van der Waals surface area contributed by atoms with Crippen LogP contribution in [0.15, 0.2) is 53.2 Å². The van der Waals surface area contributed by atoms with E-state index in [0.29, 0.717) is 18.0 Å². The minimum atomic E-state index is -0.130. The second-order valence-electron chi connectivity index (χ2n) is 7.12. The van der Waals surface area contributed by atoms with Gasteiger partial charge in [0.15, 0.2) is 11.5 Å². The van der Waals surface area contributed by atoms with Gasteiger partial charge in [0.25, 0.3) is 5.91 Å². The molecule has 6 nitrogen and oxygen atoms in total. The van der Waals surface area contributed by atoms with E-state index in [9.17, 15) is 4.79 Å². The van der Waals surface area contributed by atoms with Crippen LogP contribution in [0.25, 0.3) is 0 Å². The third-order valence-electron chi connectivity index (χ3n) is 5.18. The van der Waals surface area contributed by atoms with Crippen LogP contribution in [0.1, 0.15) is 52.0 Å². The monoisotopic (exact) mass is 377 g/mol. The Balaban J connectivity index is 1.43. The fourth-order valence-electron chi connectivity index (χ4n) is 3.48. The van der Waals surface area contributed by atoms with E-state index in [1.54, 1.807) is 12.3 Å². The minimum absolute atomic E-state index is 0.0133. The Hall–Kier alpha value is -3.15. The van der Waals surface area contributed by atoms with E-state index in [-0.39, 0.29) is 18.6 Å². The molecular formula is C22H23N3O3. The summed E-state index contributed by atoms with van der Waals surface area (Å²) >= 11 is 0. The maximum absolute atomic E-state index is 12.9. The lowest BCUT2D eigenvalue weighted by Crippen LogP contribution is -2.31. The van der Waals surface area contributed by atoms with Crippen LogP contribution in [0, 0.1) is 13.8 Å². The summed E-state index contributed by atoms with van der Waals surface area (Å²) in [6, 6.07) is 13.4. The number of likely N-dealkylation sites (tertiary alicyclic amines) is 1. The molecule has 144 valence electrons. The molecule has 4 rings (SSSR count). The second kappa shape index (κ2) is 7.84. The highest BCUT2D eigenvalue weighted by molar-refractivity contribution is 5.92. The lowest BCUT2D eigenvalue weighted by molar-refractivity contribution is 0.0722. The summed E-state index contributed by atoms with van der Waals surface area (Å²) in [4.78, 5) is 19.2. The van der Waals surface area contributed by atoms with Crippen LogP contribution < -0.4 is 4.74 Å². The molecule has 0 spiro atoms. The highest BCUT2D eigenvalue weighted by atomic mass is 16.5. The molecule has 0 bridgehead atoms. The molecule has 1 aliphatic heterocycles. The molecule has 1 aliphatic rings. The number of nitrogens with zero attached hydrogens (tertiary/aromatic N) is 3. The average molecular weight is 377 g/mol. The third kappa shape index (κ3) is 3.76. The highest BCUT2D eigenvalue weighted by Crippen LogP contribution is 2.31. The number of carbonyl (C=O) groups excluding carboxylic acids is 1. The molecule has 1 amide bonds. The maximum atomic E-state index is 12.9. The number of hydrogen-bond donors (Lipinski definition) is 0. The zero-order valence-electron chi connectivity index (χ0n) is 16.1. The molecule has 2 aromatic heterocycles. The summed E-state index contributed by atoms with van der Waals surface area (Å²) in [6.45, 7) is 5.03. The molecule has 1 fully saturated rings. The largest absolute Gasteiger partial charge is 0.486 e. The van der Waals surface area contributed by atoms with Gasteiger partial charge in [0.05, 0.1) is 11.7 Å². The molecule has 0 aliphatic carbocycles. The number of hydrogen-bond acceptors (Lipinski definition) is 5. The summed E-state index contributed by atoms with van der Waals surface area (Å²) in [7, 11) is 0. The van der Waals surface area contributed by atoms with Gasteiger partial charge in [-0.25, -0.2) is 0 Å². The topological polar surface area (TPSA) is 68.5 Å². The first-order valence-electron chi connectivity index (χ1n) is 9.49. The van der Waals surface area contributed by atoms with Crippen LogP contribution in [0.3, 0.4) is 0 Å². The van der Waals surface area contributed by atoms with Crippen molar-refractivity contribution in [1.82, 2.24) is 15.0 Å². The summed E-state index contributed by atoms with van der Waals surface area (Å²) in [6.07, 6.45) is 3.62. The van der Waals surface area contributed by atoms with Gasteiger partial charge < -0.3 is 14.2 Å². The number of benzene rings is 1. The number of pyridine rings is 1. The standard InChI is InChI=1S/C22H23N3O3/c1-15-8-9-17(12-16(15)2)27-14-18-13-20(24-28-18)22(26)25-11-5-7-21(25)19-6-3-4-10-23-19/h3-4,6,8-10,12-13,21H,5,7,11,14H2,1-2H3. The van der Waals surface area contributed by atoms with Crippen molar-refractivity contribution in [3.8, 4) is 5.75 Å². The predicted molar refractivity (Wildman–Crippen MR) is 104 cm³/mol. The van der Waals surface area contributed by atoms with Crippen LogP contribution in [-0.4, -0.2) is 27.5 Å². The quantitative estimate of drug-likeness (QED) is 0.665. The van der Waals surface area contributed by atoms with Crippen LogP contribution in [0.2, 0.25) is 0 Å². The van der Waals surface area contributed by atoms with Gasteiger partial charge in [0.1, 0.15) is 12.4 Å². The molecule has 1 aromatic carbocycles. The molecule has 1 saturated heterocycles. The Kier molecular flexibility index (Phi) is 5.10. The van der Waals surface area contributed by atoms with Gasteiger partial charge in [-0.3, -0.25) is 9.78 Å². The number of ether oxygens (including phenoxy) is 1. The summed E-state index contributed by atoms with van der Waals surface area (Å²) in [5.74, 6) is 1.16. The number of amides is 1. The molecule has 1 atom stereocenters. The predicted octanol–water partition coefficient (Wildman–Crippen LogP) is 4.24. The van der Waals surface area contributed by atoms with Crippen molar-refractivity contribution in [2.45, 2.75) is 39.3 Å². The second-order valence-corrected chi connectivity index (χ2v) is 7.12. The third-order valence-corrected chi connectivity index (χ3v) is 5.18. The molecular weight excluding hydrogens is 354 g/mol. The van der Waals surface area contributed by atoms with E-state index in [4.69, 9.17) is 9.26 Å². The van der Waals surface area contributed by atoms with Crippen molar-refractivity contribution in [2.75, 3.05) is 6.54 Å². The van der Waals surface area contributed by atoms with E-state index >= 15 is 0 Å². The van der Waals surface area contributed by atoms with Gasteiger partial charge in [-0.1, -0.05) is 17.3 Å². The van der Waals surface area contributed by atoms with Gasteiger partial charge in [-0.05, 0) is 62.1 Å². The lowest BCUT2D eigenvalue weighted by atomic mass is 10.1. The maximum Gasteiger partial charge on any atom is 0.276 e. The molecule has 0 saturated carbocycles. The summed E-state index contributed by atoms with van der Waals surface area (Å²) in [5.41, 5.74) is 3.60. The van der Waals surface area contributed by atoms with Crippen LogP contribution in [0.4, 0.5) is 0 Å². The number of aryl methyl sites for hydroxylation is 2. The first-order valence-corrected chi connectivity index (χ1v) is 9.49.